The van der Waals surface area contributed by atoms with Gasteiger partial charge in [-0.2, -0.15) is 5.26 Å². The van der Waals surface area contributed by atoms with E-state index in [4.69, 9.17) is 11.0 Å². The fourth-order valence-electron chi connectivity index (χ4n) is 1.55. The lowest BCUT2D eigenvalue weighted by atomic mass is 10.1. The van der Waals surface area contributed by atoms with Crippen LogP contribution in [0, 0.1) is 17.1 Å². The topological polar surface area (TPSA) is 78.9 Å². The molecule has 1 aromatic heterocycles. The lowest BCUT2D eigenvalue weighted by Crippen LogP contribution is -2.27. The molecular formula is C13H10FN3OS. The molecule has 0 saturated heterocycles. The molecule has 1 atom stereocenters. The van der Waals surface area contributed by atoms with Crippen molar-refractivity contribution in [2.75, 3.05) is 5.32 Å². The minimum atomic E-state index is -0.838. The number of rotatable bonds is 3. The molecule has 0 fully saturated rings. The quantitative estimate of drug-likeness (QED) is 0.902. The standard InChI is InChI=1S/C13H10FN3OS/c14-9-3-1-4-10(8(9)7-15)17-13(18)12(16)11-5-2-6-19-11/h1-6,12H,16H2,(H,17,18). The number of amides is 1. The van der Waals surface area contributed by atoms with Gasteiger partial charge in [0.15, 0.2) is 0 Å². The highest BCUT2D eigenvalue weighted by Crippen LogP contribution is 2.21. The van der Waals surface area contributed by atoms with Gasteiger partial charge in [-0.15, -0.1) is 11.3 Å². The number of carbonyl (C=O) groups excluding carboxylic acids is 1. The third-order valence-electron chi connectivity index (χ3n) is 2.52. The van der Waals surface area contributed by atoms with Gasteiger partial charge in [0.25, 0.3) is 0 Å². The Morgan fingerprint density at radius 1 is 1.42 bits per heavy atom. The van der Waals surface area contributed by atoms with E-state index in [9.17, 15) is 9.18 Å². The smallest absolute Gasteiger partial charge is 0.246 e. The van der Waals surface area contributed by atoms with Crippen molar-refractivity contribution in [2.45, 2.75) is 6.04 Å². The number of hydrogen-bond donors (Lipinski definition) is 2. The van der Waals surface area contributed by atoms with E-state index in [0.29, 0.717) is 4.88 Å². The summed E-state index contributed by atoms with van der Waals surface area (Å²) in [5.74, 6) is -1.16. The predicted molar refractivity (Wildman–Crippen MR) is 71.0 cm³/mol. The second kappa shape index (κ2) is 5.61. The number of halogens is 1. The van der Waals surface area contributed by atoms with Gasteiger partial charge >= 0.3 is 0 Å². The Balaban J connectivity index is 2.21. The van der Waals surface area contributed by atoms with Crippen molar-refractivity contribution in [1.29, 1.82) is 5.26 Å². The summed E-state index contributed by atoms with van der Waals surface area (Å²) in [6.45, 7) is 0. The number of nitrogens with two attached hydrogens (primary N) is 1. The van der Waals surface area contributed by atoms with Gasteiger partial charge in [0.1, 0.15) is 23.5 Å². The number of nitriles is 1. The van der Waals surface area contributed by atoms with Crippen LogP contribution in [0.15, 0.2) is 35.7 Å². The molecular weight excluding hydrogens is 265 g/mol. The van der Waals surface area contributed by atoms with Crippen LogP contribution in [0.4, 0.5) is 10.1 Å². The van der Waals surface area contributed by atoms with Gasteiger partial charge in [-0.3, -0.25) is 4.79 Å². The van der Waals surface area contributed by atoms with Gasteiger partial charge in [-0.05, 0) is 23.6 Å². The monoisotopic (exact) mass is 275 g/mol. The lowest BCUT2D eigenvalue weighted by molar-refractivity contribution is -0.117. The van der Waals surface area contributed by atoms with Crippen LogP contribution < -0.4 is 11.1 Å². The van der Waals surface area contributed by atoms with E-state index in [0.717, 1.165) is 6.07 Å². The maximum atomic E-state index is 13.4. The molecule has 96 valence electrons. The number of anilines is 1. The molecule has 1 heterocycles. The molecule has 1 amide bonds. The first-order valence-corrected chi connectivity index (χ1v) is 6.30. The largest absolute Gasteiger partial charge is 0.323 e. The fraction of sp³-hybridized carbons (Fsp3) is 0.0769. The Morgan fingerprint density at radius 2 is 2.21 bits per heavy atom. The molecule has 3 N–H and O–H groups in total. The zero-order valence-corrected chi connectivity index (χ0v) is 10.6. The highest BCUT2D eigenvalue weighted by atomic mass is 32.1. The van der Waals surface area contributed by atoms with Crippen LogP contribution in [0.25, 0.3) is 0 Å². The van der Waals surface area contributed by atoms with Crippen molar-refractivity contribution in [3.05, 3.63) is 52.0 Å². The van der Waals surface area contributed by atoms with Gasteiger partial charge < -0.3 is 11.1 Å². The zero-order valence-electron chi connectivity index (χ0n) is 9.76. The van der Waals surface area contributed by atoms with E-state index in [1.165, 1.54) is 23.5 Å². The van der Waals surface area contributed by atoms with Crippen molar-refractivity contribution in [1.82, 2.24) is 0 Å². The van der Waals surface area contributed by atoms with E-state index in [1.807, 2.05) is 5.38 Å². The van der Waals surface area contributed by atoms with Crippen LogP contribution in [0.1, 0.15) is 16.5 Å². The Bertz CT molecular complexity index is 634. The molecule has 1 aromatic carbocycles. The van der Waals surface area contributed by atoms with Crippen LogP contribution in [-0.2, 0) is 4.79 Å². The van der Waals surface area contributed by atoms with E-state index >= 15 is 0 Å². The predicted octanol–water partition coefficient (Wildman–Crippen LogP) is 2.40. The van der Waals surface area contributed by atoms with Gasteiger partial charge in [-0.1, -0.05) is 12.1 Å². The van der Waals surface area contributed by atoms with Crippen molar-refractivity contribution in [3.8, 4) is 6.07 Å². The van der Waals surface area contributed by atoms with Crippen LogP contribution >= 0.6 is 11.3 Å². The Hall–Kier alpha value is -2.23. The SMILES string of the molecule is N#Cc1c(F)cccc1NC(=O)C(N)c1cccs1. The fourth-order valence-corrected chi connectivity index (χ4v) is 2.27. The first-order valence-electron chi connectivity index (χ1n) is 5.42. The molecule has 0 saturated carbocycles. The molecule has 19 heavy (non-hydrogen) atoms. The third kappa shape index (κ3) is 2.78. The summed E-state index contributed by atoms with van der Waals surface area (Å²) in [7, 11) is 0. The second-order valence-corrected chi connectivity index (χ2v) is 4.74. The van der Waals surface area contributed by atoms with Gasteiger partial charge in [-0.25, -0.2) is 4.39 Å². The first kappa shape index (κ1) is 13.2. The minimum Gasteiger partial charge on any atom is -0.323 e. The molecule has 0 spiro atoms. The first-order chi connectivity index (χ1) is 9.13. The average Bonchev–Trinajstić information content (AvgIpc) is 2.92. The molecule has 2 rings (SSSR count). The number of nitrogens with zero attached hydrogens (tertiary/aromatic N) is 1. The van der Waals surface area contributed by atoms with Crippen molar-refractivity contribution in [3.63, 3.8) is 0 Å². The summed E-state index contributed by atoms with van der Waals surface area (Å²) in [6, 6.07) is 8.44. The van der Waals surface area contributed by atoms with Gasteiger partial charge in [0.05, 0.1) is 5.69 Å². The molecule has 0 aliphatic carbocycles. The summed E-state index contributed by atoms with van der Waals surface area (Å²) in [5, 5.41) is 13.1. The summed E-state index contributed by atoms with van der Waals surface area (Å²) < 4.78 is 13.4. The molecule has 0 bridgehead atoms. The van der Waals surface area contributed by atoms with Crippen LogP contribution in [-0.4, -0.2) is 5.91 Å². The van der Waals surface area contributed by atoms with Crippen LogP contribution in [0.5, 0.6) is 0 Å². The van der Waals surface area contributed by atoms with Crippen LogP contribution in [0.3, 0.4) is 0 Å². The van der Waals surface area contributed by atoms with Crippen molar-refractivity contribution in [2.24, 2.45) is 5.73 Å². The lowest BCUT2D eigenvalue weighted by Gasteiger charge is -2.11. The second-order valence-electron chi connectivity index (χ2n) is 3.76. The molecule has 1 unspecified atom stereocenters. The number of benzene rings is 1. The Morgan fingerprint density at radius 3 is 2.84 bits per heavy atom. The van der Waals surface area contributed by atoms with Gasteiger partial charge in [0.2, 0.25) is 5.91 Å². The maximum absolute atomic E-state index is 13.4. The molecule has 4 nitrogen and oxygen atoms in total. The zero-order chi connectivity index (χ0) is 13.8. The summed E-state index contributed by atoms with van der Waals surface area (Å²) in [6.07, 6.45) is 0. The molecule has 6 heteroatoms. The van der Waals surface area contributed by atoms with Crippen molar-refractivity contribution < 1.29 is 9.18 Å². The van der Waals surface area contributed by atoms with Crippen molar-refractivity contribution >= 4 is 22.9 Å². The Kier molecular flexibility index (Phi) is 3.90. The number of thiophene rings is 1. The third-order valence-corrected chi connectivity index (χ3v) is 3.47. The molecule has 0 aliphatic heterocycles. The van der Waals surface area contributed by atoms with Gasteiger partial charge in [0, 0.05) is 4.88 Å². The normalized spacial score (nSPS) is 11.6. The highest BCUT2D eigenvalue weighted by Gasteiger charge is 2.18. The maximum Gasteiger partial charge on any atom is 0.246 e. The Labute approximate surface area is 113 Å². The van der Waals surface area contributed by atoms with E-state index < -0.39 is 17.8 Å². The number of nitrogens with one attached hydrogen (secondary N) is 1. The molecule has 2 aromatic rings. The van der Waals surface area contributed by atoms with E-state index in [2.05, 4.69) is 5.32 Å². The van der Waals surface area contributed by atoms with E-state index in [-0.39, 0.29) is 11.3 Å². The summed E-state index contributed by atoms with van der Waals surface area (Å²) in [5.41, 5.74) is 5.71. The number of carbonyl (C=O) groups is 1. The minimum absolute atomic E-state index is 0.125. The highest BCUT2D eigenvalue weighted by molar-refractivity contribution is 7.10. The summed E-state index contributed by atoms with van der Waals surface area (Å²) in [4.78, 5) is 12.6. The molecule has 0 aliphatic rings. The number of hydrogen-bond acceptors (Lipinski definition) is 4. The summed E-state index contributed by atoms with van der Waals surface area (Å²) >= 11 is 1.36. The average molecular weight is 275 g/mol. The molecule has 0 radical (unpaired) electrons. The van der Waals surface area contributed by atoms with Crippen LogP contribution in [0.2, 0.25) is 0 Å². The van der Waals surface area contributed by atoms with E-state index in [1.54, 1.807) is 18.2 Å².